The molecule has 2 amide bonds. The van der Waals surface area contributed by atoms with E-state index in [-0.39, 0.29) is 17.6 Å². The van der Waals surface area contributed by atoms with E-state index in [4.69, 9.17) is 0 Å². The summed E-state index contributed by atoms with van der Waals surface area (Å²) in [5.41, 5.74) is 2.67. The first-order chi connectivity index (χ1) is 15.0. The number of amides is 2. The zero-order valence-corrected chi connectivity index (χ0v) is 16.9. The van der Waals surface area contributed by atoms with Crippen molar-refractivity contribution < 1.29 is 18.4 Å². The molecular formula is C24H21F2N3O2. The molecule has 5 nitrogen and oxygen atoms in total. The number of fused-ring (bicyclic) bond motifs is 1. The number of carbonyl (C=O) groups is 2. The Morgan fingerprint density at radius 3 is 2.16 bits per heavy atom. The molecule has 0 saturated carbocycles. The van der Waals surface area contributed by atoms with Crippen molar-refractivity contribution in [1.29, 1.82) is 0 Å². The number of carbonyl (C=O) groups excluding carboxylic acids is 2. The predicted molar refractivity (Wildman–Crippen MR) is 115 cm³/mol. The summed E-state index contributed by atoms with van der Waals surface area (Å²) >= 11 is 0. The normalized spacial score (nSPS) is 15.0. The minimum atomic E-state index is -0.415. The Kier molecular flexibility index (Phi) is 5.66. The molecule has 0 radical (unpaired) electrons. The van der Waals surface area contributed by atoms with Gasteiger partial charge in [0.15, 0.2) is 0 Å². The fourth-order valence-corrected chi connectivity index (χ4v) is 3.63. The van der Waals surface area contributed by atoms with Crippen LogP contribution in [0.2, 0.25) is 0 Å². The fraction of sp³-hybridized carbons (Fsp3) is 0.167. The standard InChI is InChI=1S/C24H21F2N3O2/c1-2-13-29-22(27-18-8-4-16(25)5-9-18)20-12-3-15(14-21(20)24(29)31)23(30)28-19-10-6-17(26)7-11-19/h3-12,14,22,27H,2,13H2,1H3,(H,28,30). The lowest BCUT2D eigenvalue weighted by Crippen LogP contribution is -2.32. The van der Waals surface area contributed by atoms with Crippen LogP contribution in [0.4, 0.5) is 20.2 Å². The Labute approximate surface area is 178 Å². The zero-order valence-electron chi connectivity index (χ0n) is 16.9. The lowest BCUT2D eigenvalue weighted by Gasteiger charge is -2.26. The van der Waals surface area contributed by atoms with E-state index in [1.165, 1.54) is 36.4 Å². The molecule has 0 saturated heterocycles. The fourth-order valence-electron chi connectivity index (χ4n) is 3.63. The topological polar surface area (TPSA) is 61.4 Å². The molecule has 1 aliphatic rings. The number of nitrogens with zero attached hydrogens (tertiary/aromatic N) is 1. The van der Waals surface area contributed by atoms with E-state index in [0.29, 0.717) is 29.0 Å². The highest BCUT2D eigenvalue weighted by Gasteiger charge is 2.36. The summed E-state index contributed by atoms with van der Waals surface area (Å²) in [5.74, 6) is -1.29. The van der Waals surface area contributed by atoms with E-state index in [1.807, 2.05) is 6.92 Å². The van der Waals surface area contributed by atoms with Gasteiger partial charge in [0.2, 0.25) is 0 Å². The molecule has 1 atom stereocenters. The number of halogens is 2. The predicted octanol–water partition coefficient (Wildman–Crippen LogP) is 5.19. The van der Waals surface area contributed by atoms with Crippen LogP contribution in [0.3, 0.4) is 0 Å². The highest BCUT2D eigenvalue weighted by Crippen LogP contribution is 2.35. The summed E-state index contributed by atoms with van der Waals surface area (Å²) < 4.78 is 26.3. The average Bonchev–Trinajstić information content (AvgIpc) is 3.02. The Bertz CT molecular complexity index is 1110. The Morgan fingerprint density at radius 2 is 1.55 bits per heavy atom. The number of hydrogen-bond acceptors (Lipinski definition) is 3. The zero-order chi connectivity index (χ0) is 22.0. The van der Waals surface area contributed by atoms with Crippen molar-refractivity contribution in [2.45, 2.75) is 19.5 Å². The van der Waals surface area contributed by atoms with E-state index in [2.05, 4.69) is 10.6 Å². The third-order valence-corrected chi connectivity index (χ3v) is 5.13. The van der Waals surface area contributed by atoms with Crippen molar-refractivity contribution in [3.05, 3.63) is 95.1 Å². The lowest BCUT2D eigenvalue weighted by atomic mass is 10.0. The number of nitrogens with one attached hydrogen (secondary N) is 2. The molecule has 7 heteroatoms. The van der Waals surface area contributed by atoms with E-state index in [0.717, 1.165) is 12.0 Å². The minimum Gasteiger partial charge on any atom is -0.361 e. The van der Waals surface area contributed by atoms with Crippen molar-refractivity contribution in [2.75, 3.05) is 17.2 Å². The van der Waals surface area contributed by atoms with Gasteiger partial charge in [0.25, 0.3) is 11.8 Å². The summed E-state index contributed by atoms with van der Waals surface area (Å²) in [7, 11) is 0. The van der Waals surface area contributed by atoms with Gasteiger partial charge in [0, 0.05) is 34.6 Å². The largest absolute Gasteiger partial charge is 0.361 e. The van der Waals surface area contributed by atoms with Crippen LogP contribution in [0.1, 0.15) is 45.8 Å². The van der Waals surface area contributed by atoms with Crippen LogP contribution >= 0.6 is 0 Å². The maximum Gasteiger partial charge on any atom is 0.256 e. The smallest absolute Gasteiger partial charge is 0.256 e. The molecule has 0 bridgehead atoms. The van der Waals surface area contributed by atoms with Crippen molar-refractivity contribution in [3.8, 4) is 0 Å². The SMILES string of the molecule is CCCN1C(=O)c2cc(C(=O)Nc3ccc(F)cc3)ccc2C1Nc1ccc(F)cc1. The third kappa shape index (κ3) is 4.26. The summed E-state index contributed by atoms with van der Waals surface area (Å²) in [6.07, 6.45) is 0.348. The van der Waals surface area contributed by atoms with Gasteiger partial charge in [-0.1, -0.05) is 13.0 Å². The van der Waals surface area contributed by atoms with Gasteiger partial charge >= 0.3 is 0 Å². The monoisotopic (exact) mass is 421 g/mol. The molecule has 2 N–H and O–H groups in total. The van der Waals surface area contributed by atoms with Crippen LogP contribution in [-0.4, -0.2) is 23.3 Å². The van der Waals surface area contributed by atoms with Gasteiger partial charge in [0.05, 0.1) is 0 Å². The number of anilines is 2. The minimum absolute atomic E-state index is 0.173. The highest BCUT2D eigenvalue weighted by molar-refractivity contribution is 6.07. The van der Waals surface area contributed by atoms with Crippen LogP contribution in [0.15, 0.2) is 66.7 Å². The molecule has 1 unspecified atom stereocenters. The van der Waals surface area contributed by atoms with Crippen molar-refractivity contribution in [3.63, 3.8) is 0 Å². The maximum absolute atomic E-state index is 13.2. The molecule has 0 fully saturated rings. The Hall–Kier alpha value is -3.74. The van der Waals surface area contributed by atoms with Crippen molar-refractivity contribution >= 4 is 23.2 Å². The van der Waals surface area contributed by atoms with Crippen LogP contribution in [0.25, 0.3) is 0 Å². The second-order valence-corrected chi connectivity index (χ2v) is 7.32. The van der Waals surface area contributed by atoms with Gasteiger partial charge in [0.1, 0.15) is 17.8 Å². The van der Waals surface area contributed by atoms with E-state index in [9.17, 15) is 18.4 Å². The molecular weight excluding hydrogens is 400 g/mol. The van der Waals surface area contributed by atoms with Gasteiger partial charge in [-0.15, -0.1) is 0 Å². The highest BCUT2D eigenvalue weighted by atomic mass is 19.1. The first kappa shape index (κ1) is 20.5. The van der Waals surface area contributed by atoms with Crippen LogP contribution in [-0.2, 0) is 0 Å². The van der Waals surface area contributed by atoms with Crippen LogP contribution < -0.4 is 10.6 Å². The second-order valence-electron chi connectivity index (χ2n) is 7.32. The Balaban J connectivity index is 1.61. The molecule has 0 spiro atoms. The summed E-state index contributed by atoms with van der Waals surface area (Å²) in [6, 6.07) is 16.4. The van der Waals surface area contributed by atoms with Crippen molar-refractivity contribution in [1.82, 2.24) is 4.90 Å². The van der Waals surface area contributed by atoms with Crippen molar-refractivity contribution in [2.24, 2.45) is 0 Å². The summed E-state index contributed by atoms with van der Waals surface area (Å²) in [4.78, 5) is 27.4. The van der Waals surface area contributed by atoms with Gasteiger partial charge in [-0.25, -0.2) is 8.78 Å². The van der Waals surface area contributed by atoms with Gasteiger partial charge in [-0.05, 0) is 67.1 Å². The molecule has 158 valence electrons. The van der Waals surface area contributed by atoms with Crippen LogP contribution in [0.5, 0.6) is 0 Å². The molecule has 1 aliphatic heterocycles. The molecule has 31 heavy (non-hydrogen) atoms. The van der Waals surface area contributed by atoms with Gasteiger partial charge in [-0.3, -0.25) is 9.59 Å². The quantitative estimate of drug-likeness (QED) is 0.576. The average molecular weight is 421 g/mol. The van der Waals surface area contributed by atoms with Gasteiger partial charge in [-0.2, -0.15) is 0 Å². The summed E-state index contributed by atoms with van der Waals surface area (Å²) in [5, 5.41) is 5.99. The molecule has 3 aromatic carbocycles. The molecule has 0 aliphatic carbocycles. The van der Waals surface area contributed by atoms with E-state index < -0.39 is 12.0 Å². The van der Waals surface area contributed by atoms with Gasteiger partial charge < -0.3 is 15.5 Å². The third-order valence-electron chi connectivity index (χ3n) is 5.13. The first-order valence-electron chi connectivity index (χ1n) is 10.00. The second kappa shape index (κ2) is 8.55. The first-order valence-corrected chi connectivity index (χ1v) is 10.00. The lowest BCUT2D eigenvalue weighted by molar-refractivity contribution is 0.0743. The molecule has 1 heterocycles. The number of rotatable bonds is 6. The van der Waals surface area contributed by atoms with E-state index >= 15 is 0 Å². The van der Waals surface area contributed by atoms with Crippen LogP contribution in [0, 0.1) is 11.6 Å². The molecule has 0 aromatic heterocycles. The number of benzene rings is 3. The summed E-state index contributed by atoms with van der Waals surface area (Å²) in [6.45, 7) is 2.51. The molecule has 3 aromatic rings. The number of hydrogen-bond donors (Lipinski definition) is 2. The Morgan fingerprint density at radius 1 is 0.935 bits per heavy atom. The molecule has 4 rings (SSSR count). The maximum atomic E-state index is 13.2. The van der Waals surface area contributed by atoms with E-state index in [1.54, 1.807) is 35.2 Å².